The van der Waals surface area contributed by atoms with E-state index in [2.05, 4.69) is 6.92 Å². The first kappa shape index (κ1) is 17.0. The van der Waals surface area contributed by atoms with Crippen molar-refractivity contribution >= 4 is 17.6 Å². The third-order valence-corrected chi connectivity index (χ3v) is 3.86. The number of hydrogen-bond donors (Lipinski definition) is 1. The van der Waals surface area contributed by atoms with Gasteiger partial charge in [0, 0.05) is 5.02 Å². The average molecular weight is 297 g/mol. The van der Waals surface area contributed by atoms with Gasteiger partial charge in [0.25, 0.3) is 0 Å². The summed E-state index contributed by atoms with van der Waals surface area (Å²) in [5.41, 5.74) is 1.01. The highest BCUT2D eigenvalue weighted by molar-refractivity contribution is 6.30. The second kappa shape index (κ2) is 9.82. The van der Waals surface area contributed by atoms with Crippen LogP contribution in [0.15, 0.2) is 24.3 Å². The highest BCUT2D eigenvalue weighted by Crippen LogP contribution is 2.19. The van der Waals surface area contributed by atoms with Gasteiger partial charge in [-0.25, -0.2) is 0 Å². The molecule has 1 atom stereocenters. The zero-order chi connectivity index (χ0) is 14.8. The summed E-state index contributed by atoms with van der Waals surface area (Å²) in [5.74, 6) is -0.988. The van der Waals surface area contributed by atoms with Crippen LogP contribution < -0.4 is 0 Å². The Labute approximate surface area is 127 Å². The molecule has 1 N–H and O–H groups in total. The van der Waals surface area contributed by atoms with E-state index >= 15 is 0 Å². The molecule has 0 bridgehead atoms. The highest BCUT2D eigenvalue weighted by Gasteiger charge is 2.17. The van der Waals surface area contributed by atoms with Crippen molar-refractivity contribution in [2.45, 2.75) is 58.3 Å². The van der Waals surface area contributed by atoms with Crippen molar-refractivity contribution < 1.29 is 9.90 Å². The Kier molecular flexibility index (Phi) is 8.36. The van der Waals surface area contributed by atoms with E-state index in [1.165, 1.54) is 25.7 Å². The molecule has 1 aromatic carbocycles. The zero-order valence-electron chi connectivity index (χ0n) is 12.3. The lowest BCUT2D eigenvalue weighted by molar-refractivity contribution is -0.142. The molecule has 20 heavy (non-hydrogen) atoms. The summed E-state index contributed by atoms with van der Waals surface area (Å²) in [7, 11) is 0. The van der Waals surface area contributed by atoms with Crippen molar-refractivity contribution in [1.82, 2.24) is 0 Å². The van der Waals surface area contributed by atoms with E-state index in [1.54, 1.807) is 0 Å². The van der Waals surface area contributed by atoms with Gasteiger partial charge < -0.3 is 5.11 Å². The monoisotopic (exact) mass is 296 g/mol. The lowest BCUT2D eigenvalue weighted by Crippen LogP contribution is -2.16. The van der Waals surface area contributed by atoms with Gasteiger partial charge in [0.1, 0.15) is 0 Å². The van der Waals surface area contributed by atoms with E-state index in [-0.39, 0.29) is 5.92 Å². The SMILES string of the molecule is CCCCCCCCC(Cc1cccc(Cl)c1)C(=O)O. The van der Waals surface area contributed by atoms with Crippen molar-refractivity contribution in [2.24, 2.45) is 5.92 Å². The Bertz CT molecular complexity index is 404. The fraction of sp³-hybridized carbons (Fsp3) is 0.588. The Morgan fingerprint density at radius 2 is 1.90 bits per heavy atom. The van der Waals surface area contributed by atoms with Gasteiger partial charge in [0.2, 0.25) is 0 Å². The van der Waals surface area contributed by atoms with Crippen LogP contribution in [-0.2, 0) is 11.2 Å². The smallest absolute Gasteiger partial charge is 0.306 e. The van der Waals surface area contributed by atoms with E-state index in [9.17, 15) is 9.90 Å². The Balaban J connectivity index is 2.35. The molecule has 0 aliphatic heterocycles. The third-order valence-electron chi connectivity index (χ3n) is 3.63. The molecule has 0 fully saturated rings. The summed E-state index contributed by atoms with van der Waals surface area (Å²) < 4.78 is 0. The number of aliphatic carboxylic acids is 1. The van der Waals surface area contributed by atoms with E-state index in [4.69, 9.17) is 11.6 Å². The van der Waals surface area contributed by atoms with Crippen molar-refractivity contribution in [3.05, 3.63) is 34.9 Å². The fourth-order valence-corrected chi connectivity index (χ4v) is 2.65. The lowest BCUT2D eigenvalue weighted by Gasteiger charge is -2.12. The quantitative estimate of drug-likeness (QED) is 0.592. The molecule has 0 aromatic heterocycles. The van der Waals surface area contributed by atoms with Gasteiger partial charge in [-0.2, -0.15) is 0 Å². The minimum atomic E-state index is -0.696. The minimum Gasteiger partial charge on any atom is -0.481 e. The van der Waals surface area contributed by atoms with Crippen LogP contribution in [0.5, 0.6) is 0 Å². The number of rotatable bonds is 10. The van der Waals surface area contributed by atoms with Gasteiger partial charge in [-0.1, -0.05) is 69.2 Å². The van der Waals surface area contributed by atoms with Crippen molar-refractivity contribution in [2.75, 3.05) is 0 Å². The molecule has 1 unspecified atom stereocenters. The second-order valence-corrected chi connectivity index (χ2v) is 5.86. The third kappa shape index (κ3) is 6.95. The molecule has 0 amide bonds. The van der Waals surface area contributed by atoms with Crippen LogP contribution in [0.2, 0.25) is 5.02 Å². The molecule has 2 nitrogen and oxygen atoms in total. The van der Waals surface area contributed by atoms with E-state index < -0.39 is 5.97 Å². The van der Waals surface area contributed by atoms with Gasteiger partial charge in [-0.3, -0.25) is 4.79 Å². The van der Waals surface area contributed by atoms with Crippen LogP contribution in [0.25, 0.3) is 0 Å². The average Bonchev–Trinajstić information content (AvgIpc) is 2.41. The molecule has 1 aromatic rings. The standard InChI is InChI=1S/C17H25ClO2/c1-2-3-4-5-6-7-10-15(17(19)20)12-14-9-8-11-16(18)13-14/h8-9,11,13,15H,2-7,10,12H2,1H3,(H,19,20). The summed E-state index contributed by atoms with van der Waals surface area (Å²) in [5, 5.41) is 9.98. The number of carboxylic acid groups (broad SMARTS) is 1. The highest BCUT2D eigenvalue weighted by atomic mass is 35.5. The van der Waals surface area contributed by atoms with Crippen LogP contribution in [0.1, 0.15) is 57.4 Å². The molecule has 0 aliphatic carbocycles. The summed E-state index contributed by atoms with van der Waals surface area (Å²) in [6.45, 7) is 2.20. The van der Waals surface area contributed by atoms with Gasteiger partial charge in [0.15, 0.2) is 0 Å². The van der Waals surface area contributed by atoms with Crippen LogP contribution in [0, 0.1) is 5.92 Å². The van der Waals surface area contributed by atoms with Gasteiger partial charge in [-0.15, -0.1) is 0 Å². The maximum Gasteiger partial charge on any atom is 0.306 e. The summed E-state index contributed by atoms with van der Waals surface area (Å²) >= 11 is 5.94. The van der Waals surface area contributed by atoms with Crippen molar-refractivity contribution in [1.29, 1.82) is 0 Å². The first-order valence-electron chi connectivity index (χ1n) is 7.60. The predicted octanol–water partition coefficient (Wildman–Crippen LogP) is 5.33. The Morgan fingerprint density at radius 1 is 1.20 bits per heavy atom. The van der Waals surface area contributed by atoms with Crippen LogP contribution in [0.4, 0.5) is 0 Å². The molecular weight excluding hydrogens is 272 g/mol. The van der Waals surface area contributed by atoms with E-state index in [0.717, 1.165) is 24.8 Å². The Morgan fingerprint density at radius 3 is 2.55 bits per heavy atom. The molecule has 0 aliphatic rings. The number of halogens is 1. The topological polar surface area (TPSA) is 37.3 Å². The number of unbranched alkanes of at least 4 members (excludes halogenated alkanes) is 5. The predicted molar refractivity (Wildman–Crippen MR) is 84.3 cm³/mol. The van der Waals surface area contributed by atoms with Crippen molar-refractivity contribution in [3.63, 3.8) is 0 Å². The second-order valence-electron chi connectivity index (χ2n) is 5.43. The first-order valence-corrected chi connectivity index (χ1v) is 7.98. The number of carboxylic acids is 1. The number of benzene rings is 1. The first-order chi connectivity index (χ1) is 9.63. The Hall–Kier alpha value is -1.02. The van der Waals surface area contributed by atoms with Crippen LogP contribution in [-0.4, -0.2) is 11.1 Å². The minimum absolute atomic E-state index is 0.292. The molecule has 112 valence electrons. The molecule has 0 radical (unpaired) electrons. The van der Waals surface area contributed by atoms with Crippen LogP contribution in [0.3, 0.4) is 0 Å². The summed E-state index contributed by atoms with van der Waals surface area (Å²) in [6.07, 6.45) is 8.48. The molecule has 0 heterocycles. The molecule has 0 saturated heterocycles. The van der Waals surface area contributed by atoms with Gasteiger partial charge >= 0.3 is 5.97 Å². The van der Waals surface area contributed by atoms with E-state index in [0.29, 0.717) is 11.4 Å². The molecule has 0 saturated carbocycles. The molecule has 1 rings (SSSR count). The van der Waals surface area contributed by atoms with E-state index in [1.807, 2.05) is 24.3 Å². The van der Waals surface area contributed by atoms with Crippen LogP contribution >= 0.6 is 11.6 Å². The van der Waals surface area contributed by atoms with Crippen molar-refractivity contribution in [3.8, 4) is 0 Å². The van der Waals surface area contributed by atoms with Gasteiger partial charge in [-0.05, 0) is 30.5 Å². The molecule has 3 heteroatoms. The summed E-state index contributed by atoms with van der Waals surface area (Å²) in [6, 6.07) is 7.50. The normalized spacial score (nSPS) is 12.3. The largest absolute Gasteiger partial charge is 0.481 e. The number of hydrogen-bond acceptors (Lipinski definition) is 1. The van der Waals surface area contributed by atoms with Gasteiger partial charge in [0.05, 0.1) is 5.92 Å². The zero-order valence-corrected chi connectivity index (χ0v) is 13.0. The molecular formula is C17H25ClO2. The number of carbonyl (C=O) groups is 1. The maximum absolute atomic E-state index is 11.3. The maximum atomic E-state index is 11.3. The fourth-order valence-electron chi connectivity index (χ4n) is 2.43. The molecule has 0 spiro atoms. The summed E-state index contributed by atoms with van der Waals surface area (Å²) in [4.78, 5) is 11.3. The lowest BCUT2D eigenvalue weighted by atomic mass is 9.93.